The van der Waals surface area contributed by atoms with Crippen LogP contribution < -0.4 is 22.3 Å². The fourth-order valence-corrected chi connectivity index (χ4v) is 0.833. The van der Waals surface area contributed by atoms with Crippen LogP contribution in [0.4, 0.5) is 0 Å². The van der Waals surface area contributed by atoms with E-state index in [2.05, 4.69) is 45.5 Å². The fraction of sp³-hybridized carbons (Fsp3) is 0.429. The summed E-state index contributed by atoms with van der Waals surface area (Å²) >= 11 is 9.22. The van der Waals surface area contributed by atoms with Crippen LogP contribution in [-0.4, -0.2) is 21.6 Å². The third-order valence-corrected chi connectivity index (χ3v) is 1.57. The number of rotatable bonds is 4. The van der Waals surface area contributed by atoms with Gasteiger partial charge in [-0.3, -0.25) is 10.9 Å². The van der Waals surface area contributed by atoms with E-state index >= 15 is 0 Å². The molecule has 84 valence electrons. The molecule has 0 saturated heterocycles. The molecule has 0 aliphatic heterocycles. The average Bonchev–Trinajstić information content (AvgIpc) is 2.15. The Kier molecular flexibility index (Phi) is 6.47. The molecule has 0 fully saturated rings. The summed E-state index contributed by atoms with van der Waals surface area (Å²) in [5.41, 5.74) is 16.8. The zero-order valence-corrected chi connectivity index (χ0v) is 10.2. The van der Waals surface area contributed by atoms with Crippen LogP contribution in [0.3, 0.4) is 0 Å². The van der Waals surface area contributed by atoms with E-state index in [0.717, 1.165) is 0 Å². The Bertz CT molecular complexity index is 309. The van der Waals surface area contributed by atoms with E-state index in [0.29, 0.717) is 17.8 Å². The normalized spacial score (nSPS) is 12.1. The molecule has 8 heteroatoms. The molecule has 15 heavy (non-hydrogen) atoms. The molecule has 0 rings (SSSR count). The largest absolute Gasteiger partial charge is 0.375 e. The minimum atomic E-state index is 0.104. The Hall–Kier alpha value is -1.28. The molecule has 0 bridgehead atoms. The van der Waals surface area contributed by atoms with Crippen LogP contribution in [0.5, 0.6) is 0 Å². The van der Waals surface area contributed by atoms with Crippen molar-refractivity contribution in [2.24, 2.45) is 21.7 Å². The van der Waals surface area contributed by atoms with E-state index in [-0.39, 0.29) is 10.2 Å². The van der Waals surface area contributed by atoms with E-state index < -0.39 is 0 Å². The molecule has 0 radical (unpaired) electrons. The number of nitrogens with two attached hydrogens (primary N) is 2. The first-order valence-corrected chi connectivity index (χ1v) is 5.01. The Morgan fingerprint density at radius 1 is 1.13 bits per heavy atom. The van der Waals surface area contributed by atoms with Crippen molar-refractivity contribution in [3.63, 3.8) is 0 Å². The zero-order valence-electron chi connectivity index (χ0n) is 8.57. The maximum atomic E-state index is 5.23. The molecule has 0 saturated carbocycles. The van der Waals surface area contributed by atoms with Crippen molar-refractivity contribution in [1.82, 2.24) is 10.9 Å². The van der Waals surface area contributed by atoms with Crippen molar-refractivity contribution in [2.45, 2.75) is 20.3 Å². The third-order valence-electron chi connectivity index (χ3n) is 1.39. The van der Waals surface area contributed by atoms with E-state index in [1.807, 2.05) is 6.92 Å². The maximum Gasteiger partial charge on any atom is 0.184 e. The summed E-state index contributed by atoms with van der Waals surface area (Å²) in [6.07, 6.45) is 0.684. The third kappa shape index (κ3) is 6.75. The van der Waals surface area contributed by atoms with E-state index in [4.69, 9.17) is 11.5 Å². The minimum absolute atomic E-state index is 0.104. The standard InChI is InChI=1S/C7H14N6S2/c1-3-5(11-13-7(9)15)4(2)10-12-6(8)14/h3H2,1-2H3,(H3,8,12,14)(H3,9,13,15). The number of hydrogen-bond donors (Lipinski definition) is 4. The van der Waals surface area contributed by atoms with Gasteiger partial charge in [0.05, 0.1) is 11.4 Å². The van der Waals surface area contributed by atoms with Crippen LogP contribution in [0.2, 0.25) is 0 Å². The predicted octanol–water partition coefficient (Wildman–Crippen LogP) is -0.205. The lowest BCUT2D eigenvalue weighted by molar-refractivity contribution is 1.01. The first kappa shape index (κ1) is 13.7. The van der Waals surface area contributed by atoms with Crippen LogP contribution in [0.1, 0.15) is 20.3 Å². The fourth-order valence-electron chi connectivity index (χ4n) is 0.742. The second kappa shape index (κ2) is 7.07. The highest BCUT2D eigenvalue weighted by molar-refractivity contribution is 7.80. The van der Waals surface area contributed by atoms with Gasteiger partial charge in [0.1, 0.15) is 0 Å². The van der Waals surface area contributed by atoms with Crippen LogP contribution in [0.25, 0.3) is 0 Å². The SMILES string of the molecule is CCC(=NNC(N)=S)C(C)=NNC(N)=S. The van der Waals surface area contributed by atoms with Gasteiger partial charge in [-0.1, -0.05) is 6.92 Å². The molecule has 6 nitrogen and oxygen atoms in total. The molecular weight excluding hydrogens is 232 g/mol. The zero-order chi connectivity index (χ0) is 11.8. The second-order valence-corrected chi connectivity index (χ2v) is 3.44. The number of hydrogen-bond acceptors (Lipinski definition) is 4. The summed E-state index contributed by atoms with van der Waals surface area (Å²) in [5.74, 6) is 0. The second-order valence-electron chi connectivity index (χ2n) is 2.56. The lowest BCUT2D eigenvalue weighted by Crippen LogP contribution is -2.29. The van der Waals surface area contributed by atoms with E-state index in [1.165, 1.54) is 0 Å². The Morgan fingerprint density at radius 2 is 1.60 bits per heavy atom. The Morgan fingerprint density at radius 3 is 2.00 bits per heavy atom. The van der Waals surface area contributed by atoms with Crippen LogP contribution in [0, 0.1) is 0 Å². The van der Waals surface area contributed by atoms with Gasteiger partial charge in [-0.25, -0.2) is 0 Å². The van der Waals surface area contributed by atoms with E-state index in [9.17, 15) is 0 Å². The van der Waals surface area contributed by atoms with Crippen molar-refractivity contribution < 1.29 is 0 Å². The van der Waals surface area contributed by atoms with E-state index in [1.54, 1.807) is 6.92 Å². The summed E-state index contributed by atoms with van der Waals surface area (Å²) in [6, 6.07) is 0. The molecule has 0 heterocycles. The van der Waals surface area contributed by atoms with Crippen LogP contribution in [0.15, 0.2) is 10.2 Å². The molecule has 0 spiro atoms. The highest BCUT2D eigenvalue weighted by atomic mass is 32.1. The van der Waals surface area contributed by atoms with Crippen molar-refractivity contribution in [1.29, 1.82) is 0 Å². The topological polar surface area (TPSA) is 101 Å². The lowest BCUT2D eigenvalue weighted by atomic mass is 10.2. The highest BCUT2D eigenvalue weighted by Crippen LogP contribution is 1.89. The van der Waals surface area contributed by atoms with Gasteiger partial charge >= 0.3 is 0 Å². The van der Waals surface area contributed by atoms with Gasteiger partial charge in [0.2, 0.25) is 0 Å². The van der Waals surface area contributed by atoms with Crippen molar-refractivity contribution in [3.05, 3.63) is 0 Å². The molecular formula is C7H14N6S2. The molecule has 0 aromatic heterocycles. The Balaban J connectivity index is 4.51. The first-order chi connectivity index (χ1) is 6.97. The van der Waals surface area contributed by atoms with Crippen molar-refractivity contribution in [3.8, 4) is 0 Å². The lowest BCUT2D eigenvalue weighted by Gasteiger charge is -2.04. The van der Waals surface area contributed by atoms with Gasteiger partial charge in [-0.15, -0.1) is 0 Å². The van der Waals surface area contributed by atoms with Gasteiger partial charge in [-0.05, 0) is 37.8 Å². The quantitative estimate of drug-likeness (QED) is 0.311. The van der Waals surface area contributed by atoms with Gasteiger partial charge in [-0.2, -0.15) is 10.2 Å². The number of hydrazone groups is 2. The van der Waals surface area contributed by atoms with Gasteiger partial charge in [0.15, 0.2) is 10.2 Å². The monoisotopic (exact) mass is 246 g/mol. The number of nitrogens with zero attached hydrogens (tertiary/aromatic N) is 2. The van der Waals surface area contributed by atoms with Crippen molar-refractivity contribution >= 4 is 46.1 Å². The summed E-state index contributed by atoms with van der Waals surface area (Å²) in [7, 11) is 0. The van der Waals surface area contributed by atoms with Crippen LogP contribution in [-0.2, 0) is 0 Å². The highest BCUT2D eigenvalue weighted by Gasteiger charge is 2.01. The molecule has 0 aliphatic rings. The number of nitrogens with one attached hydrogen (secondary N) is 2. The molecule has 0 aliphatic carbocycles. The summed E-state index contributed by atoms with van der Waals surface area (Å²) in [6.45, 7) is 3.70. The molecule has 0 aromatic rings. The molecule has 0 unspecified atom stereocenters. The smallest absolute Gasteiger partial charge is 0.184 e. The van der Waals surface area contributed by atoms with Crippen LogP contribution >= 0.6 is 24.4 Å². The minimum Gasteiger partial charge on any atom is -0.375 e. The molecule has 0 aromatic carbocycles. The molecule has 6 N–H and O–H groups in total. The van der Waals surface area contributed by atoms with Gasteiger partial charge in [0.25, 0.3) is 0 Å². The first-order valence-electron chi connectivity index (χ1n) is 4.19. The van der Waals surface area contributed by atoms with Gasteiger partial charge in [0, 0.05) is 0 Å². The summed E-state index contributed by atoms with van der Waals surface area (Å²) < 4.78 is 0. The van der Waals surface area contributed by atoms with Crippen molar-refractivity contribution in [2.75, 3.05) is 0 Å². The van der Waals surface area contributed by atoms with Gasteiger partial charge < -0.3 is 11.5 Å². The average molecular weight is 246 g/mol. The molecule has 0 amide bonds. The Labute approximate surface area is 99.2 Å². The summed E-state index contributed by atoms with van der Waals surface area (Å²) in [4.78, 5) is 0. The molecule has 0 atom stereocenters. The maximum absolute atomic E-state index is 5.23. The predicted molar refractivity (Wildman–Crippen MR) is 70.7 cm³/mol. The summed E-state index contributed by atoms with van der Waals surface area (Å²) in [5, 5.41) is 8.09. The number of thiocarbonyl (C=S) groups is 2.